The van der Waals surface area contributed by atoms with Gasteiger partial charge in [-0.25, -0.2) is 9.50 Å². The van der Waals surface area contributed by atoms with Crippen molar-refractivity contribution in [1.29, 1.82) is 0 Å². The zero-order valence-corrected chi connectivity index (χ0v) is 17.0. The fourth-order valence-electron chi connectivity index (χ4n) is 3.41. The van der Waals surface area contributed by atoms with Crippen molar-refractivity contribution in [3.63, 3.8) is 0 Å². The Kier molecular flexibility index (Phi) is 4.84. The van der Waals surface area contributed by atoms with Gasteiger partial charge in [-0.05, 0) is 39.3 Å². The van der Waals surface area contributed by atoms with Crippen LogP contribution in [0.5, 0.6) is 0 Å². The predicted molar refractivity (Wildman–Crippen MR) is 109 cm³/mol. The normalized spacial score (nSPS) is 11.2. The summed E-state index contributed by atoms with van der Waals surface area (Å²) in [6.07, 6.45) is 0. The molecule has 0 fully saturated rings. The second kappa shape index (κ2) is 7.46. The third-order valence-corrected chi connectivity index (χ3v) is 4.95. The van der Waals surface area contributed by atoms with Crippen LogP contribution < -0.4 is 5.32 Å². The highest BCUT2D eigenvalue weighted by Gasteiger charge is 2.17. The average molecular weight is 389 g/mol. The van der Waals surface area contributed by atoms with Crippen molar-refractivity contribution in [2.75, 3.05) is 0 Å². The van der Waals surface area contributed by atoms with E-state index >= 15 is 0 Å². The Labute approximate surface area is 168 Å². The van der Waals surface area contributed by atoms with E-state index in [0.29, 0.717) is 18.9 Å². The summed E-state index contributed by atoms with van der Waals surface area (Å²) < 4.78 is 3.54. The topological polar surface area (TPSA) is 90.0 Å². The number of carbonyl (C=O) groups excluding carboxylic acids is 1. The van der Waals surface area contributed by atoms with Crippen LogP contribution in [0.3, 0.4) is 0 Å². The number of fused-ring (bicyclic) bond motifs is 1. The Hall–Kier alpha value is -3.55. The number of hydrogen-bond acceptors (Lipinski definition) is 5. The molecule has 0 saturated carbocycles. The summed E-state index contributed by atoms with van der Waals surface area (Å²) >= 11 is 0. The number of amides is 1. The molecule has 148 valence electrons. The van der Waals surface area contributed by atoms with E-state index in [1.165, 1.54) is 5.56 Å². The quantitative estimate of drug-likeness (QED) is 0.566. The lowest BCUT2D eigenvalue weighted by Gasteiger charge is -2.06. The van der Waals surface area contributed by atoms with Crippen molar-refractivity contribution in [3.05, 3.63) is 76.1 Å². The maximum absolute atomic E-state index is 12.6. The lowest BCUT2D eigenvalue weighted by Crippen LogP contribution is -2.24. The van der Waals surface area contributed by atoms with Gasteiger partial charge in [0.15, 0.2) is 0 Å². The molecule has 3 heterocycles. The highest BCUT2D eigenvalue weighted by molar-refractivity contribution is 5.90. The number of hydrogen-bond donors (Lipinski definition) is 1. The molecule has 0 spiro atoms. The molecule has 0 unspecified atom stereocenters. The molecule has 4 rings (SSSR count). The van der Waals surface area contributed by atoms with Crippen LogP contribution in [0.1, 0.15) is 44.5 Å². The minimum absolute atomic E-state index is 0.109. The van der Waals surface area contributed by atoms with Gasteiger partial charge in [0.2, 0.25) is 5.82 Å². The highest BCUT2D eigenvalue weighted by Crippen LogP contribution is 2.15. The number of carbonyl (C=O) groups is 1. The van der Waals surface area contributed by atoms with Crippen LogP contribution in [-0.4, -0.2) is 35.3 Å². The molecular formula is C21H23N7O. The van der Waals surface area contributed by atoms with Crippen LogP contribution in [0, 0.1) is 27.7 Å². The molecule has 0 radical (unpaired) electrons. The SMILES string of the molecule is Cc1cc(C)n2nc(C(=O)NCc3c(C)nn(Cc4ccccc4)c3C)nc2n1. The first-order valence-electron chi connectivity index (χ1n) is 9.48. The van der Waals surface area contributed by atoms with E-state index in [4.69, 9.17) is 0 Å². The Morgan fingerprint density at radius 3 is 2.55 bits per heavy atom. The first-order valence-corrected chi connectivity index (χ1v) is 9.48. The van der Waals surface area contributed by atoms with Gasteiger partial charge in [0.25, 0.3) is 11.7 Å². The smallest absolute Gasteiger partial charge is 0.291 e. The molecule has 4 aromatic rings. The standard InChI is InChI=1S/C21H23N7O/c1-13-10-14(2)28-21(23-13)24-19(26-28)20(29)22-11-18-15(3)25-27(16(18)4)12-17-8-6-5-7-9-17/h5-10H,11-12H2,1-4H3,(H,22,29). The maximum atomic E-state index is 12.6. The zero-order chi connectivity index (χ0) is 20.5. The summed E-state index contributed by atoms with van der Waals surface area (Å²) in [6, 6.07) is 12.1. The average Bonchev–Trinajstić information content (AvgIpc) is 3.23. The lowest BCUT2D eigenvalue weighted by atomic mass is 10.2. The number of aromatic nitrogens is 6. The van der Waals surface area contributed by atoms with E-state index in [1.54, 1.807) is 4.52 Å². The van der Waals surface area contributed by atoms with E-state index in [1.807, 2.05) is 56.6 Å². The molecule has 29 heavy (non-hydrogen) atoms. The summed E-state index contributed by atoms with van der Waals surface area (Å²) in [7, 11) is 0. The van der Waals surface area contributed by atoms with Crippen molar-refractivity contribution < 1.29 is 4.79 Å². The molecular weight excluding hydrogens is 366 g/mol. The summed E-state index contributed by atoms with van der Waals surface area (Å²) in [5.41, 5.74) is 5.83. The monoisotopic (exact) mass is 389 g/mol. The van der Waals surface area contributed by atoms with Crippen molar-refractivity contribution in [2.45, 2.75) is 40.8 Å². The molecule has 0 aliphatic heterocycles. The Bertz CT molecular complexity index is 1190. The third-order valence-electron chi connectivity index (χ3n) is 4.95. The fraction of sp³-hybridized carbons (Fsp3) is 0.286. The van der Waals surface area contributed by atoms with E-state index in [2.05, 4.69) is 37.6 Å². The fourth-order valence-corrected chi connectivity index (χ4v) is 3.41. The third kappa shape index (κ3) is 3.73. The van der Waals surface area contributed by atoms with Gasteiger partial charge in [0.05, 0.1) is 12.2 Å². The second-order valence-electron chi connectivity index (χ2n) is 7.16. The molecule has 1 amide bonds. The largest absolute Gasteiger partial charge is 0.345 e. The van der Waals surface area contributed by atoms with E-state index in [-0.39, 0.29) is 11.7 Å². The Balaban J connectivity index is 1.50. The summed E-state index contributed by atoms with van der Waals surface area (Å²) in [6.45, 7) is 8.83. The van der Waals surface area contributed by atoms with Crippen LogP contribution in [0.2, 0.25) is 0 Å². The predicted octanol–water partition coefficient (Wildman–Crippen LogP) is 2.53. The Morgan fingerprint density at radius 2 is 1.79 bits per heavy atom. The molecule has 8 heteroatoms. The first kappa shape index (κ1) is 18.8. The molecule has 0 bridgehead atoms. The van der Waals surface area contributed by atoms with Gasteiger partial charge in [-0.3, -0.25) is 9.48 Å². The second-order valence-corrected chi connectivity index (χ2v) is 7.16. The molecule has 8 nitrogen and oxygen atoms in total. The number of nitrogens with one attached hydrogen (secondary N) is 1. The molecule has 1 N–H and O–H groups in total. The molecule has 1 aromatic carbocycles. The van der Waals surface area contributed by atoms with Crippen molar-refractivity contribution in [3.8, 4) is 0 Å². The van der Waals surface area contributed by atoms with Crippen molar-refractivity contribution >= 4 is 11.7 Å². The molecule has 3 aromatic heterocycles. The van der Waals surface area contributed by atoms with Gasteiger partial charge >= 0.3 is 0 Å². The summed E-state index contributed by atoms with van der Waals surface area (Å²) in [5, 5.41) is 11.8. The lowest BCUT2D eigenvalue weighted by molar-refractivity contribution is 0.0940. The Morgan fingerprint density at radius 1 is 1.03 bits per heavy atom. The van der Waals surface area contributed by atoms with Crippen LogP contribution >= 0.6 is 0 Å². The maximum Gasteiger partial charge on any atom is 0.291 e. The van der Waals surface area contributed by atoms with E-state index in [9.17, 15) is 4.79 Å². The number of nitrogens with zero attached hydrogens (tertiary/aromatic N) is 6. The minimum Gasteiger partial charge on any atom is -0.345 e. The van der Waals surface area contributed by atoms with Gasteiger partial charge in [0, 0.05) is 29.2 Å². The van der Waals surface area contributed by atoms with E-state index < -0.39 is 0 Å². The zero-order valence-electron chi connectivity index (χ0n) is 17.0. The van der Waals surface area contributed by atoms with E-state index in [0.717, 1.165) is 28.3 Å². The van der Waals surface area contributed by atoms with Crippen LogP contribution in [0.25, 0.3) is 5.78 Å². The molecule has 0 aliphatic carbocycles. The van der Waals surface area contributed by atoms with Crippen LogP contribution in [-0.2, 0) is 13.1 Å². The molecule has 0 aliphatic rings. The summed E-state index contributed by atoms with van der Waals surface area (Å²) in [5.74, 6) is 0.205. The number of rotatable bonds is 5. The van der Waals surface area contributed by atoms with Gasteiger partial charge in [0.1, 0.15) is 0 Å². The number of aryl methyl sites for hydroxylation is 3. The van der Waals surface area contributed by atoms with Crippen molar-refractivity contribution in [2.24, 2.45) is 0 Å². The number of benzene rings is 1. The molecule has 0 saturated heterocycles. The van der Waals surface area contributed by atoms with Crippen LogP contribution in [0.4, 0.5) is 0 Å². The van der Waals surface area contributed by atoms with Crippen molar-refractivity contribution in [1.82, 2.24) is 34.7 Å². The van der Waals surface area contributed by atoms with Gasteiger partial charge in [-0.15, -0.1) is 5.10 Å². The summed E-state index contributed by atoms with van der Waals surface area (Å²) in [4.78, 5) is 21.2. The van der Waals surface area contributed by atoms with Crippen LogP contribution in [0.15, 0.2) is 36.4 Å². The van der Waals surface area contributed by atoms with Gasteiger partial charge in [-0.1, -0.05) is 30.3 Å². The minimum atomic E-state index is -0.331. The molecule has 0 atom stereocenters. The van der Waals surface area contributed by atoms with Gasteiger partial charge in [-0.2, -0.15) is 10.1 Å². The highest BCUT2D eigenvalue weighted by atomic mass is 16.2. The van der Waals surface area contributed by atoms with Gasteiger partial charge < -0.3 is 5.32 Å². The first-order chi connectivity index (χ1) is 13.9.